The SMILES string of the molecule is [O-2].[O-2].[Sn+4].[Zn].[Zr]. The molecule has 0 radical (unpaired) electrons. The van der Waals surface area contributed by atoms with E-state index in [0.29, 0.717) is 0 Å². The third-order valence-electron chi connectivity index (χ3n) is 0. The molecule has 0 aliphatic heterocycles. The molecule has 0 rings (SSSR count). The Bertz CT molecular complexity index is 9.61. The van der Waals surface area contributed by atoms with Crippen molar-refractivity contribution in [1.82, 2.24) is 0 Å². The van der Waals surface area contributed by atoms with E-state index >= 15 is 0 Å². The van der Waals surface area contributed by atoms with Gasteiger partial charge in [0.2, 0.25) is 0 Å². The van der Waals surface area contributed by atoms with Gasteiger partial charge in [-0.25, -0.2) is 0 Å². The van der Waals surface area contributed by atoms with Gasteiger partial charge in [0.1, 0.15) is 0 Å². The third-order valence-corrected chi connectivity index (χ3v) is 0. The Morgan fingerprint density at radius 2 is 0.800 bits per heavy atom. The summed E-state index contributed by atoms with van der Waals surface area (Å²) in [5.41, 5.74) is 0. The van der Waals surface area contributed by atoms with Crippen molar-refractivity contribution < 1.29 is 56.6 Å². The molecular weight excluding hydrogens is 307 g/mol. The van der Waals surface area contributed by atoms with E-state index in [1.54, 1.807) is 0 Å². The second-order valence-electron chi connectivity index (χ2n) is 0. The number of hydrogen-bond acceptors (Lipinski definition) is 0. The largest absolute Gasteiger partial charge is 4.00 e. The molecular formula is O2SnZnZr. The van der Waals surface area contributed by atoms with Gasteiger partial charge in [-0.1, -0.05) is 0 Å². The van der Waals surface area contributed by atoms with Crippen LogP contribution in [0.1, 0.15) is 0 Å². The van der Waals surface area contributed by atoms with Gasteiger partial charge < -0.3 is 11.0 Å². The van der Waals surface area contributed by atoms with Crippen molar-refractivity contribution in [1.29, 1.82) is 0 Å². The van der Waals surface area contributed by atoms with Gasteiger partial charge in [0, 0.05) is 45.7 Å². The Hall–Kier alpha value is 2.23. The van der Waals surface area contributed by atoms with Crippen LogP contribution in [0.2, 0.25) is 0 Å². The zero-order valence-electron chi connectivity index (χ0n) is 2.52. The van der Waals surface area contributed by atoms with Gasteiger partial charge in [0.25, 0.3) is 0 Å². The van der Waals surface area contributed by atoms with Crippen molar-refractivity contribution in [2.24, 2.45) is 0 Å². The second kappa shape index (κ2) is 34.3. The Kier molecular flexibility index (Phi) is 388. The predicted octanol–water partition coefficient (Wildman–Crippen LogP) is -0.623. The van der Waals surface area contributed by atoms with Crippen molar-refractivity contribution in [2.45, 2.75) is 0 Å². The van der Waals surface area contributed by atoms with Crippen LogP contribution in [0, 0.1) is 0 Å². The first-order valence-electron chi connectivity index (χ1n) is 0. The summed E-state index contributed by atoms with van der Waals surface area (Å²) in [5, 5.41) is 0. The molecule has 0 aromatic carbocycles. The van der Waals surface area contributed by atoms with Crippen LogP contribution in [0.5, 0.6) is 0 Å². The van der Waals surface area contributed by atoms with Crippen LogP contribution in [-0.4, -0.2) is 23.9 Å². The molecule has 0 heterocycles. The Morgan fingerprint density at radius 1 is 0.800 bits per heavy atom. The summed E-state index contributed by atoms with van der Waals surface area (Å²) in [6, 6.07) is 0. The summed E-state index contributed by atoms with van der Waals surface area (Å²) in [7, 11) is 0. The van der Waals surface area contributed by atoms with Crippen LogP contribution >= 0.6 is 0 Å². The van der Waals surface area contributed by atoms with Crippen LogP contribution in [0.15, 0.2) is 0 Å². The third kappa shape index (κ3) is 22.4. The molecule has 0 aliphatic carbocycles. The maximum atomic E-state index is 0. The molecule has 5 heteroatoms. The number of hydrogen-bond donors (Lipinski definition) is 0. The van der Waals surface area contributed by atoms with Crippen LogP contribution in [0.3, 0.4) is 0 Å². The van der Waals surface area contributed by atoms with Gasteiger partial charge in [0.05, 0.1) is 0 Å². The van der Waals surface area contributed by atoms with E-state index in [-0.39, 0.29) is 80.5 Å². The minimum Gasteiger partial charge on any atom is -2.00 e. The molecule has 0 atom stereocenters. The summed E-state index contributed by atoms with van der Waals surface area (Å²) in [6.45, 7) is 0. The van der Waals surface area contributed by atoms with Crippen molar-refractivity contribution in [2.75, 3.05) is 0 Å². The van der Waals surface area contributed by atoms with E-state index in [1.807, 2.05) is 0 Å². The maximum absolute atomic E-state index is 0. The minimum atomic E-state index is 0. The normalized spacial score (nSPS) is 0. The Labute approximate surface area is 79.5 Å². The number of rotatable bonds is 0. The van der Waals surface area contributed by atoms with Crippen molar-refractivity contribution in [3.63, 3.8) is 0 Å². The zero-order valence-corrected chi connectivity index (χ0v) is 10.8. The van der Waals surface area contributed by atoms with Crippen LogP contribution in [-0.2, 0) is 56.6 Å². The predicted molar refractivity (Wildman–Crippen MR) is 7.13 cm³/mol. The van der Waals surface area contributed by atoms with E-state index in [2.05, 4.69) is 0 Å². The summed E-state index contributed by atoms with van der Waals surface area (Å²) in [4.78, 5) is 0. The average Bonchev–Trinajstić information content (AvgIpc) is 0. The summed E-state index contributed by atoms with van der Waals surface area (Å²) >= 11 is 0. The van der Waals surface area contributed by atoms with E-state index in [0.717, 1.165) is 0 Å². The quantitative estimate of drug-likeness (QED) is 0.536. The molecule has 22 valence electrons. The van der Waals surface area contributed by atoms with Gasteiger partial charge in [-0.2, -0.15) is 0 Å². The summed E-state index contributed by atoms with van der Waals surface area (Å²) in [6.07, 6.45) is 0. The smallest absolute Gasteiger partial charge is 2.00 e. The van der Waals surface area contributed by atoms with E-state index in [4.69, 9.17) is 0 Å². The molecule has 0 unspecified atom stereocenters. The molecule has 0 saturated heterocycles. The fourth-order valence-corrected chi connectivity index (χ4v) is 0. The molecule has 0 aliphatic rings. The minimum absolute atomic E-state index is 0. The summed E-state index contributed by atoms with van der Waals surface area (Å²) in [5.74, 6) is 0. The first-order valence-corrected chi connectivity index (χ1v) is 0. The fraction of sp³-hybridized carbons (Fsp3) is 0. The molecule has 0 aromatic rings. The van der Waals surface area contributed by atoms with Gasteiger partial charge in [-0.3, -0.25) is 0 Å². The van der Waals surface area contributed by atoms with Crippen LogP contribution < -0.4 is 0 Å². The summed E-state index contributed by atoms with van der Waals surface area (Å²) < 4.78 is 0. The van der Waals surface area contributed by atoms with Crippen molar-refractivity contribution in [3.05, 3.63) is 0 Å². The molecule has 0 fully saturated rings. The van der Waals surface area contributed by atoms with E-state index < -0.39 is 0 Å². The van der Waals surface area contributed by atoms with Crippen molar-refractivity contribution >= 4 is 23.9 Å². The monoisotopic (exact) mass is 306 g/mol. The second-order valence-corrected chi connectivity index (χ2v) is 0. The first-order chi connectivity index (χ1) is 0. The Balaban J connectivity index is 0. The van der Waals surface area contributed by atoms with Crippen molar-refractivity contribution in [3.8, 4) is 0 Å². The molecule has 0 bridgehead atoms. The molecule has 5 heavy (non-hydrogen) atoms. The van der Waals surface area contributed by atoms with E-state index in [1.165, 1.54) is 0 Å². The van der Waals surface area contributed by atoms with E-state index in [9.17, 15) is 0 Å². The van der Waals surface area contributed by atoms with Crippen LogP contribution in [0.25, 0.3) is 0 Å². The molecule has 0 N–H and O–H groups in total. The first kappa shape index (κ1) is 56.5. The topological polar surface area (TPSA) is 57.0 Å². The van der Waals surface area contributed by atoms with Gasteiger partial charge >= 0.3 is 23.9 Å². The Morgan fingerprint density at radius 3 is 0.800 bits per heavy atom. The fourth-order valence-electron chi connectivity index (χ4n) is 0. The standard InChI is InChI=1S/2O.Sn.Zn.Zr/q2*-2;+4;;. The van der Waals surface area contributed by atoms with Crippen LogP contribution in [0.4, 0.5) is 0 Å². The molecule has 0 aromatic heterocycles. The molecule has 0 spiro atoms. The molecule has 2 nitrogen and oxygen atoms in total. The zero-order chi connectivity index (χ0) is 0. The molecule has 0 amide bonds. The average molecular weight is 307 g/mol. The van der Waals surface area contributed by atoms with Gasteiger partial charge in [-0.05, 0) is 0 Å². The maximum Gasteiger partial charge on any atom is 4.00 e. The van der Waals surface area contributed by atoms with Gasteiger partial charge in [0.15, 0.2) is 0 Å². The van der Waals surface area contributed by atoms with Gasteiger partial charge in [-0.15, -0.1) is 0 Å². The molecule has 0 saturated carbocycles.